The number of fused-ring (bicyclic) bond motifs is 1. The smallest absolute Gasteiger partial charge is 0.0654 e. The third-order valence-electron chi connectivity index (χ3n) is 4.04. The molecule has 1 unspecified atom stereocenters. The van der Waals surface area contributed by atoms with Gasteiger partial charge < -0.3 is 0 Å². The van der Waals surface area contributed by atoms with E-state index in [9.17, 15) is 0 Å². The van der Waals surface area contributed by atoms with Gasteiger partial charge in [0.25, 0.3) is 0 Å². The third kappa shape index (κ3) is 3.36. The van der Waals surface area contributed by atoms with Crippen LogP contribution in [0.3, 0.4) is 0 Å². The van der Waals surface area contributed by atoms with Crippen molar-refractivity contribution in [1.29, 1.82) is 0 Å². The Kier molecular flexibility index (Phi) is 4.72. The zero-order valence-corrected chi connectivity index (χ0v) is 13.5. The summed E-state index contributed by atoms with van der Waals surface area (Å²) in [5, 5.41) is 3.73. The molecule has 0 spiro atoms. The molecule has 0 aliphatic rings. The Bertz CT molecular complexity index is 691. The van der Waals surface area contributed by atoms with E-state index >= 15 is 0 Å². The van der Waals surface area contributed by atoms with Crippen LogP contribution >= 0.6 is 10.5 Å². The second kappa shape index (κ2) is 6.91. The summed E-state index contributed by atoms with van der Waals surface area (Å²) in [6.45, 7) is 2.27. The molecule has 0 aliphatic carbocycles. The molecule has 0 saturated heterocycles. The Balaban J connectivity index is 1.75. The van der Waals surface area contributed by atoms with E-state index < -0.39 is 0 Å². The Labute approximate surface area is 130 Å². The summed E-state index contributed by atoms with van der Waals surface area (Å²) >= 11 is 0. The normalized spacial score (nSPS) is 12.0. The van der Waals surface area contributed by atoms with Crippen LogP contribution in [0.15, 0.2) is 60.0 Å². The molecule has 0 bridgehead atoms. The lowest BCUT2D eigenvalue weighted by molar-refractivity contribution is 0.667. The number of unbranched alkanes of at least 4 members (excludes halogenated alkanes) is 3. The molecule has 0 amide bonds. The van der Waals surface area contributed by atoms with Crippen LogP contribution in [0.4, 0.5) is 0 Å². The Morgan fingerprint density at radius 2 is 1.62 bits per heavy atom. The Morgan fingerprint density at radius 3 is 2.43 bits per heavy atom. The van der Waals surface area contributed by atoms with Crippen molar-refractivity contribution in [2.75, 3.05) is 0 Å². The highest BCUT2D eigenvalue weighted by Crippen LogP contribution is 2.39. The van der Waals surface area contributed by atoms with Crippen LogP contribution in [0.25, 0.3) is 15.0 Å². The van der Waals surface area contributed by atoms with Crippen molar-refractivity contribution in [2.24, 2.45) is 0 Å². The van der Waals surface area contributed by atoms with Gasteiger partial charge in [-0.25, -0.2) is 0 Å². The first-order valence-corrected chi connectivity index (χ1v) is 9.26. The molecule has 3 aromatic rings. The molecule has 1 heteroatoms. The van der Waals surface area contributed by atoms with Crippen LogP contribution in [-0.2, 0) is 6.42 Å². The first-order chi connectivity index (χ1) is 10.4. The SMILES string of the molecule is CCCCCCc1ccc(-[s+]2ccc3ccccc32)cc1. The lowest BCUT2D eigenvalue weighted by Crippen LogP contribution is -1.85. The van der Waals surface area contributed by atoms with Gasteiger partial charge in [0.05, 0.1) is 0 Å². The van der Waals surface area contributed by atoms with Gasteiger partial charge >= 0.3 is 0 Å². The summed E-state index contributed by atoms with van der Waals surface area (Å²) in [6.07, 6.45) is 6.58. The molecule has 0 radical (unpaired) electrons. The summed E-state index contributed by atoms with van der Waals surface area (Å²) < 4.78 is 1.47. The fraction of sp³-hybridized carbons (Fsp3) is 0.300. The van der Waals surface area contributed by atoms with E-state index in [2.05, 4.69) is 66.9 Å². The van der Waals surface area contributed by atoms with E-state index in [1.807, 2.05) is 0 Å². The molecule has 1 aromatic heterocycles. The van der Waals surface area contributed by atoms with Crippen molar-refractivity contribution >= 4 is 20.6 Å². The number of aryl methyl sites for hydroxylation is 1. The molecule has 2 aromatic carbocycles. The first-order valence-electron chi connectivity index (χ1n) is 7.98. The predicted molar refractivity (Wildman–Crippen MR) is 95.6 cm³/mol. The van der Waals surface area contributed by atoms with Gasteiger partial charge in [-0.15, -0.1) is 0 Å². The van der Waals surface area contributed by atoms with Gasteiger partial charge in [0, 0.05) is 21.9 Å². The van der Waals surface area contributed by atoms with Crippen LogP contribution in [0.5, 0.6) is 0 Å². The highest BCUT2D eigenvalue weighted by Gasteiger charge is 2.14. The molecule has 108 valence electrons. The maximum Gasteiger partial charge on any atom is 0.186 e. The zero-order valence-electron chi connectivity index (χ0n) is 12.7. The number of benzene rings is 2. The molecule has 3 rings (SSSR count). The highest BCUT2D eigenvalue weighted by molar-refractivity contribution is 7.43. The fourth-order valence-electron chi connectivity index (χ4n) is 2.80. The summed E-state index contributed by atoms with van der Waals surface area (Å²) in [7, 11) is 0.137. The minimum Gasteiger partial charge on any atom is -0.0654 e. The van der Waals surface area contributed by atoms with Crippen LogP contribution in [0.1, 0.15) is 38.2 Å². The van der Waals surface area contributed by atoms with E-state index in [-0.39, 0.29) is 10.5 Å². The minimum absolute atomic E-state index is 0.137. The first kappa shape index (κ1) is 14.3. The van der Waals surface area contributed by atoms with Crippen molar-refractivity contribution in [3.63, 3.8) is 0 Å². The topological polar surface area (TPSA) is 0 Å². The fourth-order valence-corrected chi connectivity index (χ4v) is 4.68. The molecular formula is C20H23S+. The van der Waals surface area contributed by atoms with Crippen molar-refractivity contribution in [3.8, 4) is 4.90 Å². The standard InChI is InChI=1S/C20H23S/c1-2-3-4-5-8-17-11-13-19(14-12-17)21-16-15-18-9-6-7-10-20(18)21/h6-7,9-16H,2-5,8H2,1H3/q+1. The van der Waals surface area contributed by atoms with Crippen LogP contribution in [0.2, 0.25) is 0 Å². The van der Waals surface area contributed by atoms with Crippen LogP contribution in [0, 0.1) is 0 Å². The maximum absolute atomic E-state index is 2.35. The van der Waals surface area contributed by atoms with Crippen LogP contribution in [-0.4, -0.2) is 0 Å². The summed E-state index contributed by atoms with van der Waals surface area (Å²) in [5.74, 6) is 0. The van der Waals surface area contributed by atoms with Crippen molar-refractivity contribution in [3.05, 3.63) is 65.5 Å². The summed E-state index contributed by atoms with van der Waals surface area (Å²) in [6, 6.07) is 20.3. The molecule has 0 saturated carbocycles. The number of hydrogen-bond acceptors (Lipinski definition) is 0. The average molecular weight is 295 g/mol. The molecule has 1 atom stereocenters. The van der Waals surface area contributed by atoms with Gasteiger partial charge in [-0.2, -0.15) is 0 Å². The van der Waals surface area contributed by atoms with Gasteiger partial charge in [0.1, 0.15) is 5.38 Å². The van der Waals surface area contributed by atoms with Gasteiger partial charge in [-0.3, -0.25) is 0 Å². The molecule has 1 heterocycles. The van der Waals surface area contributed by atoms with Gasteiger partial charge in [-0.05, 0) is 42.7 Å². The largest absolute Gasteiger partial charge is 0.186 e. The quantitative estimate of drug-likeness (QED) is 0.350. The van der Waals surface area contributed by atoms with E-state index in [4.69, 9.17) is 0 Å². The second-order valence-corrected chi connectivity index (χ2v) is 7.49. The molecular weight excluding hydrogens is 272 g/mol. The lowest BCUT2D eigenvalue weighted by Gasteiger charge is -2.01. The lowest BCUT2D eigenvalue weighted by atomic mass is 10.1. The predicted octanol–water partition coefficient (Wildman–Crippen LogP) is 6.70. The highest BCUT2D eigenvalue weighted by atomic mass is 32.2. The minimum atomic E-state index is 0.137. The van der Waals surface area contributed by atoms with Crippen molar-refractivity contribution < 1.29 is 0 Å². The Morgan fingerprint density at radius 1 is 0.810 bits per heavy atom. The van der Waals surface area contributed by atoms with E-state index in [0.29, 0.717) is 0 Å². The Hall–Kier alpha value is -1.60. The monoisotopic (exact) mass is 295 g/mol. The van der Waals surface area contributed by atoms with Crippen molar-refractivity contribution in [1.82, 2.24) is 0 Å². The van der Waals surface area contributed by atoms with E-state index in [1.165, 1.54) is 52.6 Å². The summed E-state index contributed by atoms with van der Waals surface area (Å²) in [4.78, 5) is 1.44. The van der Waals surface area contributed by atoms with E-state index in [0.717, 1.165) is 0 Å². The molecule has 21 heavy (non-hydrogen) atoms. The molecule has 0 aliphatic heterocycles. The second-order valence-electron chi connectivity index (χ2n) is 5.63. The maximum atomic E-state index is 2.35. The number of rotatable bonds is 6. The van der Waals surface area contributed by atoms with Crippen molar-refractivity contribution in [2.45, 2.75) is 39.0 Å². The van der Waals surface area contributed by atoms with Gasteiger partial charge in [0.2, 0.25) is 0 Å². The number of thiophene rings is 1. The van der Waals surface area contributed by atoms with E-state index in [1.54, 1.807) is 0 Å². The summed E-state index contributed by atoms with van der Waals surface area (Å²) in [5.41, 5.74) is 1.48. The zero-order chi connectivity index (χ0) is 14.5. The molecule has 0 nitrogen and oxygen atoms in total. The van der Waals surface area contributed by atoms with Gasteiger partial charge in [-0.1, -0.05) is 50.5 Å². The number of hydrogen-bond donors (Lipinski definition) is 0. The van der Waals surface area contributed by atoms with Gasteiger partial charge in [0.15, 0.2) is 9.60 Å². The van der Waals surface area contributed by atoms with Crippen LogP contribution < -0.4 is 0 Å². The molecule has 0 fully saturated rings. The average Bonchev–Trinajstić information content (AvgIpc) is 2.96. The molecule has 0 N–H and O–H groups in total. The third-order valence-corrected chi connectivity index (χ3v) is 6.07.